The maximum absolute atomic E-state index is 13.2. The Morgan fingerprint density at radius 3 is 2.43 bits per heavy atom. The Balaban J connectivity index is 1.77. The number of ether oxygens (including phenoxy) is 1. The molecule has 0 aliphatic rings. The smallest absolute Gasteiger partial charge is 0.235 e. The highest BCUT2D eigenvalue weighted by molar-refractivity contribution is 9.10. The second-order valence-electron chi connectivity index (χ2n) is 6.81. The van der Waals surface area contributed by atoms with Gasteiger partial charge in [-0.3, -0.25) is 9.59 Å². The van der Waals surface area contributed by atoms with E-state index in [2.05, 4.69) is 15.9 Å². The molecule has 1 heterocycles. The molecule has 0 saturated carbocycles. The number of fused-ring (bicyclic) bond motifs is 1. The molecule has 0 fully saturated rings. The van der Waals surface area contributed by atoms with Crippen LogP contribution in [0, 0.1) is 6.92 Å². The number of rotatable bonds is 5. The van der Waals surface area contributed by atoms with Crippen LogP contribution in [0.2, 0.25) is 5.02 Å². The number of hydrogen-bond acceptors (Lipinski definition) is 4. The van der Waals surface area contributed by atoms with Crippen LogP contribution in [-0.4, -0.2) is 12.4 Å². The van der Waals surface area contributed by atoms with E-state index in [9.17, 15) is 9.59 Å². The molecular formula is C24H16BrClO4. The quantitative estimate of drug-likeness (QED) is 0.306. The molecule has 0 atom stereocenters. The van der Waals surface area contributed by atoms with Gasteiger partial charge in [0, 0.05) is 20.6 Å². The average Bonchev–Trinajstić information content (AvgIpc) is 2.74. The summed E-state index contributed by atoms with van der Waals surface area (Å²) in [7, 11) is 0. The maximum atomic E-state index is 13.2. The van der Waals surface area contributed by atoms with E-state index in [-0.39, 0.29) is 29.3 Å². The lowest BCUT2D eigenvalue weighted by atomic mass is 10.1. The molecule has 0 saturated heterocycles. The SMILES string of the molecule is Cc1ccc(-c2oc3ccc(Cl)cc3c(=O)c2OCC(=O)c2ccc(Br)cc2)cc1. The van der Waals surface area contributed by atoms with Crippen LogP contribution in [0.4, 0.5) is 0 Å². The Morgan fingerprint density at radius 1 is 1.03 bits per heavy atom. The second kappa shape index (κ2) is 8.46. The third-order valence-corrected chi connectivity index (χ3v) is 5.40. The van der Waals surface area contributed by atoms with Crippen molar-refractivity contribution >= 4 is 44.3 Å². The minimum absolute atomic E-state index is 0.0147. The van der Waals surface area contributed by atoms with Crippen LogP contribution in [0.5, 0.6) is 5.75 Å². The van der Waals surface area contributed by atoms with Gasteiger partial charge in [-0.1, -0.05) is 69.5 Å². The molecule has 1 aromatic heterocycles. The lowest BCUT2D eigenvalue weighted by molar-refractivity contribution is 0.0920. The van der Waals surface area contributed by atoms with Crippen molar-refractivity contribution in [3.8, 4) is 17.1 Å². The van der Waals surface area contributed by atoms with E-state index in [1.165, 1.54) is 6.07 Å². The van der Waals surface area contributed by atoms with Crippen molar-refractivity contribution in [2.24, 2.45) is 0 Å². The zero-order valence-corrected chi connectivity index (χ0v) is 18.3. The summed E-state index contributed by atoms with van der Waals surface area (Å²) in [5.41, 5.74) is 2.26. The molecule has 0 bridgehead atoms. The number of ketones is 1. The van der Waals surface area contributed by atoms with Crippen molar-refractivity contribution in [1.29, 1.82) is 0 Å². The van der Waals surface area contributed by atoms with Gasteiger partial charge >= 0.3 is 0 Å². The first-order chi connectivity index (χ1) is 14.4. The zero-order valence-electron chi connectivity index (χ0n) is 15.9. The number of carbonyl (C=O) groups is 1. The van der Waals surface area contributed by atoms with E-state index in [4.69, 9.17) is 20.8 Å². The summed E-state index contributed by atoms with van der Waals surface area (Å²) < 4.78 is 12.6. The molecule has 4 rings (SSSR count). The molecule has 0 aliphatic heterocycles. The first-order valence-corrected chi connectivity index (χ1v) is 10.3. The Morgan fingerprint density at radius 2 is 1.73 bits per heavy atom. The van der Waals surface area contributed by atoms with E-state index >= 15 is 0 Å². The van der Waals surface area contributed by atoms with Gasteiger partial charge in [-0.05, 0) is 37.3 Å². The molecule has 0 aliphatic carbocycles. The largest absolute Gasteiger partial charge is 0.478 e. The fourth-order valence-corrected chi connectivity index (χ4v) is 3.47. The summed E-state index contributed by atoms with van der Waals surface area (Å²) in [5.74, 6) is 0.0143. The first-order valence-electron chi connectivity index (χ1n) is 9.17. The Kier molecular flexibility index (Phi) is 5.75. The fourth-order valence-electron chi connectivity index (χ4n) is 3.03. The Bertz CT molecular complexity index is 1290. The Hall–Kier alpha value is -2.89. The zero-order chi connectivity index (χ0) is 21.3. The number of aryl methyl sites for hydroxylation is 1. The topological polar surface area (TPSA) is 56.5 Å². The predicted molar refractivity (Wildman–Crippen MR) is 122 cm³/mol. The predicted octanol–water partition coefficient (Wildman–Crippen LogP) is 6.45. The molecule has 0 N–H and O–H groups in total. The van der Waals surface area contributed by atoms with Crippen LogP contribution in [0.1, 0.15) is 15.9 Å². The molecule has 4 aromatic rings. The lowest BCUT2D eigenvalue weighted by Gasteiger charge is -2.12. The highest BCUT2D eigenvalue weighted by Gasteiger charge is 2.19. The summed E-state index contributed by atoms with van der Waals surface area (Å²) in [6.45, 7) is 1.67. The summed E-state index contributed by atoms with van der Waals surface area (Å²) in [6.07, 6.45) is 0. The van der Waals surface area contributed by atoms with Crippen LogP contribution in [0.15, 0.2) is 80.4 Å². The maximum Gasteiger partial charge on any atom is 0.235 e. The van der Waals surface area contributed by atoms with Gasteiger partial charge in [-0.15, -0.1) is 0 Å². The van der Waals surface area contributed by atoms with Crippen molar-refractivity contribution < 1.29 is 13.9 Å². The highest BCUT2D eigenvalue weighted by atomic mass is 79.9. The van der Waals surface area contributed by atoms with E-state index in [0.29, 0.717) is 27.1 Å². The third-order valence-electron chi connectivity index (χ3n) is 4.64. The van der Waals surface area contributed by atoms with Gasteiger partial charge in [0.05, 0.1) is 5.39 Å². The van der Waals surface area contributed by atoms with Gasteiger partial charge in [0.2, 0.25) is 11.2 Å². The molecule has 4 nitrogen and oxygen atoms in total. The molecule has 3 aromatic carbocycles. The molecule has 0 amide bonds. The second-order valence-corrected chi connectivity index (χ2v) is 8.17. The fraction of sp³-hybridized carbons (Fsp3) is 0.0833. The van der Waals surface area contributed by atoms with Gasteiger partial charge in [0.1, 0.15) is 5.58 Å². The van der Waals surface area contributed by atoms with Crippen molar-refractivity contribution in [1.82, 2.24) is 0 Å². The normalized spacial score (nSPS) is 10.9. The van der Waals surface area contributed by atoms with Crippen LogP contribution in [-0.2, 0) is 0 Å². The number of benzene rings is 3. The van der Waals surface area contributed by atoms with Crippen molar-refractivity contribution in [3.05, 3.63) is 97.6 Å². The molecule has 0 unspecified atom stereocenters. The minimum Gasteiger partial charge on any atom is -0.478 e. The standard InChI is InChI=1S/C24H16BrClO4/c1-14-2-4-16(5-3-14)23-24(22(28)19-12-18(26)10-11-21(19)30-23)29-13-20(27)15-6-8-17(25)9-7-15/h2-12H,13H2,1H3. The van der Waals surface area contributed by atoms with E-state index in [0.717, 1.165) is 10.0 Å². The van der Waals surface area contributed by atoms with Gasteiger partial charge in [0.15, 0.2) is 18.2 Å². The molecular weight excluding hydrogens is 468 g/mol. The molecule has 0 spiro atoms. The highest BCUT2D eigenvalue weighted by Crippen LogP contribution is 2.32. The summed E-state index contributed by atoms with van der Waals surface area (Å²) in [5, 5.41) is 0.708. The number of carbonyl (C=O) groups excluding carboxylic acids is 1. The minimum atomic E-state index is -0.377. The summed E-state index contributed by atoms with van der Waals surface area (Å²) in [6, 6.07) is 19.3. The van der Waals surface area contributed by atoms with Gasteiger partial charge in [0.25, 0.3) is 0 Å². The first kappa shape index (κ1) is 20.4. The van der Waals surface area contributed by atoms with Crippen molar-refractivity contribution in [3.63, 3.8) is 0 Å². The van der Waals surface area contributed by atoms with Crippen molar-refractivity contribution in [2.45, 2.75) is 6.92 Å². The molecule has 150 valence electrons. The molecule has 0 radical (unpaired) electrons. The average molecular weight is 484 g/mol. The third kappa shape index (κ3) is 4.18. The van der Waals surface area contributed by atoms with Crippen molar-refractivity contribution in [2.75, 3.05) is 6.61 Å². The van der Waals surface area contributed by atoms with Crippen LogP contribution in [0.25, 0.3) is 22.3 Å². The number of Topliss-reactive ketones (excluding diaryl/α,β-unsaturated/α-hetero) is 1. The van der Waals surface area contributed by atoms with E-state index < -0.39 is 0 Å². The Labute approximate surface area is 186 Å². The number of halogens is 2. The lowest BCUT2D eigenvalue weighted by Crippen LogP contribution is -2.17. The van der Waals surface area contributed by atoms with E-state index in [1.54, 1.807) is 36.4 Å². The monoisotopic (exact) mass is 482 g/mol. The van der Waals surface area contributed by atoms with Gasteiger partial charge in [-0.25, -0.2) is 0 Å². The van der Waals surface area contributed by atoms with Gasteiger partial charge in [-0.2, -0.15) is 0 Å². The van der Waals surface area contributed by atoms with Gasteiger partial charge < -0.3 is 9.15 Å². The molecule has 6 heteroatoms. The molecule has 30 heavy (non-hydrogen) atoms. The van der Waals surface area contributed by atoms with Crippen LogP contribution in [0.3, 0.4) is 0 Å². The number of hydrogen-bond donors (Lipinski definition) is 0. The summed E-state index contributed by atoms with van der Waals surface area (Å²) >= 11 is 9.40. The van der Waals surface area contributed by atoms with Crippen LogP contribution >= 0.6 is 27.5 Å². The van der Waals surface area contributed by atoms with Crippen LogP contribution < -0.4 is 10.2 Å². The summed E-state index contributed by atoms with van der Waals surface area (Å²) in [4.78, 5) is 25.7. The van der Waals surface area contributed by atoms with E-state index in [1.807, 2.05) is 31.2 Å².